The Bertz CT molecular complexity index is 506. The fourth-order valence-corrected chi connectivity index (χ4v) is 3.93. The highest BCUT2D eigenvalue weighted by Crippen LogP contribution is 2.35. The van der Waals surface area contributed by atoms with Crippen molar-refractivity contribution in [2.24, 2.45) is 9.81 Å². The first-order valence-corrected chi connectivity index (χ1v) is 6.43. The van der Waals surface area contributed by atoms with Gasteiger partial charge in [0.2, 0.25) is 0 Å². The molecule has 76 valence electrons. The van der Waals surface area contributed by atoms with Crippen molar-refractivity contribution in [2.75, 3.05) is 0 Å². The fraction of sp³-hybridized carbons (Fsp3) is 0.500. The lowest BCUT2D eigenvalue weighted by atomic mass is 9.89. The SMILES string of the molecule is CC(C)(C)C1=NS(=O)(=O)c2ncsc21. The summed E-state index contributed by atoms with van der Waals surface area (Å²) in [6, 6.07) is 0. The van der Waals surface area contributed by atoms with Gasteiger partial charge in [-0.1, -0.05) is 20.8 Å². The minimum atomic E-state index is -3.51. The third kappa shape index (κ3) is 1.29. The second-order valence-electron chi connectivity index (χ2n) is 4.15. The predicted molar refractivity (Wildman–Crippen MR) is 55.3 cm³/mol. The number of hydrogen-bond acceptors (Lipinski definition) is 4. The molecule has 6 heteroatoms. The average Bonchev–Trinajstić information content (AvgIpc) is 2.51. The Labute approximate surface area is 86.8 Å². The second kappa shape index (κ2) is 2.64. The molecule has 0 spiro atoms. The Morgan fingerprint density at radius 1 is 1.36 bits per heavy atom. The molecule has 4 nitrogen and oxygen atoms in total. The molecule has 0 fully saturated rings. The topological polar surface area (TPSA) is 59.4 Å². The summed E-state index contributed by atoms with van der Waals surface area (Å²) in [6.45, 7) is 5.82. The molecule has 0 radical (unpaired) electrons. The average molecular weight is 230 g/mol. The zero-order valence-corrected chi connectivity index (χ0v) is 9.74. The molecule has 0 saturated carbocycles. The molecule has 14 heavy (non-hydrogen) atoms. The van der Waals surface area contributed by atoms with Crippen LogP contribution in [0, 0.1) is 5.41 Å². The summed E-state index contributed by atoms with van der Waals surface area (Å²) < 4.78 is 26.8. The summed E-state index contributed by atoms with van der Waals surface area (Å²) in [5.74, 6) is 0. The highest BCUT2D eigenvalue weighted by molar-refractivity contribution is 7.90. The molecule has 0 atom stereocenters. The van der Waals surface area contributed by atoms with E-state index in [1.807, 2.05) is 20.8 Å². The Kier molecular flexibility index (Phi) is 1.84. The Morgan fingerprint density at radius 2 is 2.00 bits per heavy atom. The smallest absolute Gasteiger partial charge is 0.231 e. The molecule has 0 amide bonds. The normalized spacial score (nSPS) is 19.2. The zero-order chi connectivity index (χ0) is 10.6. The molecular formula is C8H10N2O2S2. The van der Waals surface area contributed by atoms with E-state index < -0.39 is 10.0 Å². The van der Waals surface area contributed by atoms with Gasteiger partial charge in [0.1, 0.15) is 0 Å². The minimum Gasteiger partial charge on any atom is -0.231 e. The lowest BCUT2D eigenvalue weighted by molar-refractivity contribution is 0.589. The Hall–Kier alpha value is -0.750. The molecule has 1 aliphatic rings. The highest BCUT2D eigenvalue weighted by atomic mass is 32.2. The number of aromatic nitrogens is 1. The van der Waals surface area contributed by atoms with E-state index in [1.165, 1.54) is 11.3 Å². The number of hydrogen-bond donors (Lipinski definition) is 0. The van der Waals surface area contributed by atoms with Gasteiger partial charge in [0.15, 0.2) is 5.03 Å². The molecule has 0 N–H and O–H groups in total. The maximum Gasteiger partial charge on any atom is 0.301 e. The van der Waals surface area contributed by atoms with E-state index in [-0.39, 0.29) is 10.4 Å². The third-order valence-electron chi connectivity index (χ3n) is 1.92. The predicted octanol–water partition coefficient (Wildman–Crippen LogP) is 1.68. The molecule has 0 saturated heterocycles. The molecule has 2 rings (SSSR count). The van der Waals surface area contributed by atoms with Crippen LogP contribution in [0.1, 0.15) is 25.6 Å². The van der Waals surface area contributed by atoms with Crippen molar-refractivity contribution in [1.29, 1.82) is 0 Å². The van der Waals surface area contributed by atoms with Gasteiger partial charge in [-0.15, -0.1) is 11.3 Å². The van der Waals surface area contributed by atoms with Crippen LogP contribution in [0.25, 0.3) is 0 Å². The molecule has 1 aromatic rings. The number of rotatable bonds is 0. The first-order chi connectivity index (χ1) is 6.32. The molecule has 1 aliphatic heterocycles. The molecular weight excluding hydrogens is 220 g/mol. The number of thiazole rings is 1. The highest BCUT2D eigenvalue weighted by Gasteiger charge is 2.37. The van der Waals surface area contributed by atoms with Crippen LogP contribution >= 0.6 is 11.3 Å². The fourth-order valence-electron chi connectivity index (χ4n) is 1.26. The first kappa shape index (κ1) is 9.79. The van der Waals surface area contributed by atoms with Gasteiger partial charge < -0.3 is 0 Å². The number of nitrogens with zero attached hydrogens (tertiary/aromatic N) is 2. The van der Waals surface area contributed by atoms with Gasteiger partial charge in [0.05, 0.1) is 16.1 Å². The van der Waals surface area contributed by atoms with Crippen molar-refractivity contribution in [3.63, 3.8) is 0 Å². The lowest BCUT2D eigenvalue weighted by Gasteiger charge is -2.16. The van der Waals surface area contributed by atoms with E-state index in [4.69, 9.17) is 0 Å². The largest absolute Gasteiger partial charge is 0.301 e. The maximum atomic E-state index is 11.5. The van der Waals surface area contributed by atoms with E-state index in [9.17, 15) is 8.42 Å². The van der Waals surface area contributed by atoms with Crippen molar-refractivity contribution in [3.05, 3.63) is 10.4 Å². The number of sulfonamides is 1. The minimum absolute atomic E-state index is 0.118. The Balaban J connectivity index is 2.72. The molecule has 1 aromatic heterocycles. The summed E-state index contributed by atoms with van der Waals surface area (Å²) in [7, 11) is -3.51. The standard InChI is InChI=1S/C8H10N2O2S2/c1-8(2,3)6-5-7(9-4-13-5)14(11,12)10-6/h4H,1-3H3. The summed E-state index contributed by atoms with van der Waals surface area (Å²) in [5, 5.41) is 0.118. The van der Waals surface area contributed by atoms with E-state index in [0.29, 0.717) is 10.6 Å². The maximum absolute atomic E-state index is 11.5. The van der Waals surface area contributed by atoms with Crippen LogP contribution in [0.3, 0.4) is 0 Å². The van der Waals surface area contributed by atoms with Gasteiger partial charge in [-0.2, -0.15) is 12.8 Å². The van der Waals surface area contributed by atoms with Crippen LogP contribution in [-0.4, -0.2) is 19.1 Å². The van der Waals surface area contributed by atoms with Gasteiger partial charge in [0.25, 0.3) is 0 Å². The molecule has 0 unspecified atom stereocenters. The van der Waals surface area contributed by atoms with Crippen molar-refractivity contribution in [1.82, 2.24) is 4.98 Å². The van der Waals surface area contributed by atoms with Crippen LogP contribution in [0.2, 0.25) is 0 Å². The van der Waals surface area contributed by atoms with Gasteiger partial charge >= 0.3 is 10.0 Å². The van der Waals surface area contributed by atoms with Crippen LogP contribution in [0.5, 0.6) is 0 Å². The van der Waals surface area contributed by atoms with Gasteiger partial charge in [0, 0.05) is 5.41 Å². The van der Waals surface area contributed by atoms with Crippen molar-refractivity contribution < 1.29 is 8.42 Å². The van der Waals surface area contributed by atoms with Crippen molar-refractivity contribution in [3.8, 4) is 0 Å². The Morgan fingerprint density at radius 3 is 2.57 bits per heavy atom. The molecule has 2 heterocycles. The van der Waals surface area contributed by atoms with Crippen LogP contribution in [0.15, 0.2) is 14.9 Å². The van der Waals surface area contributed by atoms with Crippen LogP contribution < -0.4 is 0 Å². The summed E-state index contributed by atoms with van der Waals surface area (Å²) in [6.07, 6.45) is 0. The van der Waals surface area contributed by atoms with E-state index >= 15 is 0 Å². The monoisotopic (exact) mass is 230 g/mol. The summed E-state index contributed by atoms with van der Waals surface area (Å²) in [5.41, 5.74) is 1.91. The lowest BCUT2D eigenvalue weighted by Crippen LogP contribution is -2.18. The summed E-state index contributed by atoms with van der Waals surface area (Å²) in [4.78, 5) is 4.52. The number of fused-ring (bicyclic) bond motifs is 1. The molecule has 0 aliphatic carbocycles. The summed E-state index contributed by atoms with van der Waals surface area (Å²) >= 11 is 1.33. The van der Waals surface area contributed by atoms with Gasteiger partial charge in [-0.3, -0.25) is 0 Å². The van der Waals surface area contributed by atoms with Crippen LogP contribution in [-0.2, 0) is 10.0 Å². The van der Waals surface area contributed by atoms with E-state index in [0.717, 1.165) is 0 Å². The van der Waals surface area contributed by atoms with Crippen LogP contribution in [0.4, 0.5) is 0 Å². The van der Waals surface area contributed by atoms with E-state index in [2.05, 4.69) is 9.38 Å². The molecule has 0 bridgehead atoms. The van der Waals surface area contributed by atoms with Gasteiger partial charge in [-0.05, 0) is 0 Å². The van der Waals surface area contributed by atoms with Crippen molar-refractivity contribution >= 4 is 27.1 Å². The van der Waals surface area contributed by atoms with E-state index in [1.54, 1.807) is 5.51 Å². The third-order valence-corrected chi connectivity index (χ3v) is 4.10. The quantitative estimate of drug-likeness (QED) is 0.681. The first-order valence-electron chi connectivity index (χ1n) is 4.12. The second-order valence-corrected chi connectivity index (χ2v) is 6.53. The zero-order valence-electron chi connectivity index (χ0n) is 8.10. The molecule has 0 aromatic carbocycles. The van der Waals surface area contributed by atoms with Crippen molar-refractivity contribution in [2.45, 2.75) is 25.8 Å². The van der Waals surface area contributed by atoms with Gasteiger partial charge in [-0.25, -0.2) is 4.98 Å².